The fourth-order valence-corrected chi connectivity index (χ4v) is 2.12. The number of nitro benzene ring substituents is 1. The largest absolute Gasteiger partial charge is 0.482 e. The summed E-state index contributed by atoms with van der Waals surface area (Å²) in [7, 11) is 0. The molecule has 0 amide bonds. The van der Waals surface area contributed by atoms with Crippen molar-refractivity contribution in [3.8, 4) is 5.75 Å². The minimum Gasteiger partial charge on any atom is -0.482 e. The van der Waals surface area contributed by atoms with Gasteiger partial charge in [-0.25, -0.2) is 4.39 Å². The van der Waals surface area contributed by atoms with Gasteiger partial charge in [0, 0.05) is 12.7 Å². The lowest BCUT2D eigenvalue weighted by molar-refractivity contribution is -0.386. The summed E-state index contributed by atoms with van der Waals surface area (Å²) >= 11 is 0. The molecule has 0 aromatic heterocycles. The maximum absolute atomic E-state index is 13.7. The third-order valence-electron chi connectivity index (χ3n) is 3.21. The van der Waals surface area contributed by atoms with Crippen molar-refractivity contribution in [2.45, 2.75) is 38.6 Å². The van der Waals surface area contributed by atoms with Crippen molar-refractivity contribution in [1.82, 2.24) is 0 Å². The summed E-state index contributed by atoms with van der Waals surface area (Å²) in [6.07, 6.45) is 1.87. The number of nitro groups is 1. The summed E-state index contributed by atoms with van der Waals surface area (Å²) in [5.41, 5.74) is -0.625. The molecule has 0 spiro atoms. The van der Waals surface area contributed by atoms with E-state index in [2.05, 4.69) is 0 Å². The highest BCUT2D eigenvalue weighted by molar-refractivity contribution is 5.47. The van der Waals surface area contributed by atoms with E-state index in [1.165, 1.54) is 0 Å². The maximum atomic E-state index is 13.7. The predicted octanol–water partition coefficient (Wildman–Crippen LogP) is 3.18. The molecule has 0 saturated carbocycles. The Morgan fingerprint density at radius 3 is 2.86 bits per heavy atom. The fourth-order valence-electron chi connectivity index (χ4n) is 2.12. The first kappa shape index (κ1) is 16.6. The van der Waals surface area contributed by atoms with E-state index < -0.39 is 34.1 Å². The van der Waals surface area contributed by atoms with Gasteiger partial charge in [0.2, 0.25) is 11.6 Å². The number of hydrogen-bond acceptors (Lipinski definition) is 5. The number of benzene rings is 1. The average Bonchev–Trinajstić information content (AvgIpc) is 2.49. The van der Waals surface area contributed by atoms with Crippen molar-refractivity contribution in [3.63, 3.8) is 0 Å². The molecule has 1 aliphatic rings. The van der Waals surface area contributed by atoms with E-state index in [-0.39, 0.29) is 12.9 Å². The molecule has 0 aliphatic carbocycles. The Labute approximate surface area is 126 Å². The van der Waals surface area contributed by atoms with Gasteiger partial charge in [-0.3, -0.25) is 10.1 Å². The zero-order valence-corrected chi connectivity index (χ0v) is 12.1. The minimum absolute atomic E-state index is 0.152. The first-order valence-corrected chi connectivity index (χ1v) is 7.01. The summed E-state index contributed by atoms with van der Waals surface area (Å²) in [4.78, 5) is 10.0. The number of rotatable bonds is 6. The van der Waals surface area contributed by atoms with Crippen molar-refractivity contribution in [2.75, 3.05) is 13.2 Å². The van der Waals surface area contributed by atoms with Crippen LogP contribution >= 0.6 is 0 Å². The quantitative estimate of drug-likeness (QED) is 0.595. The SMILES string of the molecule is CC(COc1c([N+](=O)[O-])ccc(F)c1F)O[C@@H]1CCCCO1. The van der Waals surface area contributed by atoms with Gasteiger partial charge in [0.1, 0.15) is 6.61 Å². The lowest BCUT2D eigenvalue weighted by Gasteiger charge is -2.26. The molecule has 122 valence electrons. The summed E-state index contributed by atoms with van der Waals surface area (Å²) < 4.78 is 42.9. The van der Waals surface area contributed by atoms with E-state index in [4.69, 9.17) is 14.2 Å². The Morgan fingerprint density at radius 1 is 1.45 bits per heavy atom. The highest BCUT2D eigenvalue weighted by Crippen LogP contribution is 2.31. The predicted molar refractivity (Wildman–Crippen MR) is 72.6 cm³/mol. The van der Waals surface area contributed by atoms with Gasteiger partial charge in [-0.15, -0.1) is 0 Å². The lowest BCUT2D eigenvalue weighted by Crippen LogP contribution is -2.29. The van der Waals surface area contributed by atoms with Crippen LogP contribution in [0.5, 0.6) is 5.75 Å². The first-order chi connectivity index (χ1) is 10.5. The number of ether oxygens (including phenoxy) is 3. The topological polar surface area (TPSA) is 70.8 Å². The summed E-state index contributed by atoms with van der Waals surface area (Å²) in [5, 5.41) is 10.8. The molecule has 0 radical (unpaired) electrons. The van der Waals surface area contributed by atoms with Gasteiger partial charge in [-0.1, -0.05) is 0 Å². The molecule has 8 heteroatoms. The zero-order chi connectivity index (χ0) is 16.1. The van der Waals surface area contributed by atoms with E-state index in [9.17, 15) is 18.9 Å². The molecule has 2 rings (SSSR count). The summed E-state index contributed by atoms with van der Waals surface area (Å²) in [5.74, 6) is -3.30. The monoisotopic (exact) mass is 317 g/mol. The Bertz CT molecular complexity index is 534. The Kier molecular flexibility index (Phi) is 5.62. The second-order valence-electron chi connectivity index (χ2n) is 5.02. The Hall–Kier alpha value is -1.80. The van der Waals surface area contributed by atoms with E-state index in [0.717, 1.165) is 25.3 Å². The molecule has 6 nitrogen and oxygen atoms in total. The zero-order valence-electron chi connectivity index (χ0n) is 12.1. The third-order valence-corrected chi connectivity index (χ3v) is 3.21. The van der Waals surface area contributed by atoms with E-state index in [1.807, 2.05) is 0 Å². The molecule has 1 saturated heterocycles. The number of halogens is 2. The van der Waals surface area contributed by atoms with Gasteiger partial charge in [-0.2, -0.15) is 4.39 Å². The van der Waals surface area contributed by atoms with Crippen LogP contribution in [0.25, 0.3) is 0 Å². The second-order valence-corrected chi connectivity index (χ2v) is 5.02. The van der Waals surface area contributed by atoms with Gasteiger partial charge >= 0.3 is 5.69 Å². The second kappa shape index (κ2) is 7.46. The maximum Gasteiger partial charge on any atom is 0.314 e. The molecule has 0 bridgehead atoms. The smallest absolute Gasteiger partial charge is 0.314 e. The normalized spacial score (nSPS) is 19.7. The van der Waals surface area contributed by atoms with Gasteiger partial charge in [0.05, 0.1) is 11.0 Å². The average molecular weight is 317 g/mol. The number of hydrogen-bond donors (Lipinski definition) is 0. The van der Waals surface area contributed by atoms with Crippen molar-refractivity contribution in [3.05, 3.63) is 33.9 Å². The van der Waals surface area contributed by atoms with E-state index in [1.54, 1.807) is 6.92 Å². The molecule has 1 aliphatic heterocycles. The van der Waals surface area contributed by atoms with E-state index in [0.29, 0.717) is 12.7 Å². The molecule has 0 N–H and O–H groups in total. The molecule has 1 unspecified atom stereocenters. The van der Waals surface area contributed by atoms with Crippen LogP contribution in [-0.2, 0) is 9.47 Å². The lowest BCUT2D eigenvalue weighted by atomic mass is 10.2. The van der Waals surface area contributed by atoms with E-state index >= 15 is 0 Å². The standard InChI is InChI=1S/C14H17F2NO5/c1-9(22-12-4-2-3-7-20-12)8-21-14-11(17(18)19)6-5-10(15)13(14)16/h5-6,9,12H,2-4,7-8H2,1H3/t9?,12-/m1/s1. The molecule has 1 aromatic carbocycles. The van der Waals surface area contributed by atoms with Crippen LogP contribution in [0.3, 0.4) is 0 Å². The van der Waals surface area contributed by atoms with Gasteiger partial charge in [0.15, 0.2) is 12.1 Å². The summed E-state index contributed by atoms with van der Waals surface area (Å²) in [6.45, 7) is 2.13. The van der Waals surface area contributed by atoms with Crippen molar-refractivity contribution in [2.24, 2.45) is 0 Å². The molecular formula is C14H17F2NO5. The van der Waals surface area contributed by atoms with Crippen LogP contribution in [-0.4, -0.2) is 30.5 Å². The van der Waals surface area contributed by atoms with Gasteiger partial charge in [-0.05, 0) is 32.3 Å². The minimum atomic E-state index is -1.38. The van der Waals surface area contributed by atoms with Crippen LogP contribution < -0.4 is 4.74 Å². The molecule has 1 aromatic rings. The van der Waals surface area contributed by atoms with Crippen LogP contribution in [0, 0.1) is 21.7 Å². The van der Waals surface area contributed by atoms with Gasteiger partial charge in [0.25, 0.3) is 0 Å². The molecule has 1 fully saturated rings. The molecule has 22 heavy (non-hydrogen) atoms. The van der Waals surface area contributed by atoms with Crippen LogP contribution in [0.15, 0.2) is 12.1 Å². The highest BCUT2D eigenvalue weighted by atomic mass is 19.2. The van der Waals surface area contributed by atoms with Crippen molar-refractivity contribution < 1.29 is 27.9 Å². The van der Waals surface area contributed by atoms with Crippen molar-refractivity contribution in [1.29, 1.82) is 0 Å². The van der Waals surface area contributed by atoms with Gasteiger partial charge < -0.3 is 14.2 Å². The fraction of sp³-hybridized carbons (Fsp3) is 0.571. The number of nitrogens with zero attached hydrogens (tertiary/aromatic N) is 1. The Morgan fingerprint density at radius 2 is 2.23 bits per heavy atom. The van der Waals surface area contributed by atoms with Crippen molar-refractivity contribution >= 4 is 5.69 Å². The van der Waals surface area contributed by atoms with Crippen LogP contribution in [0.1, 0.15) is 26.2 Å². The Balaban J connectivity index is 1.98. The van der Waals surface area contributed by atoms with Crippen LogP contribution in [0.2, 0.25) is 0 Å². The summed E-state index contributed by atoms with van der Waals surface area (Å²) in [6, 6.07) is 1.56. The molecule has 2 atom stereocenters. The molecule has 1 heterocycles. The third kappa shape index (κ3) is 4.11. The first-order valence-electron chi connectivity index (χ1n) is 7.01. The van der Waals surface area contributed by atoms with Crippen LogP contribution in [0.4, 0.5) is 14.5 Å². The highest BCUT2D eigenvalue weighted by Gasteiger charge is 2.24. The molecular weight excluding hydrogens is 300 g/mol.